The molecule has 126 valence electrons. The fourth-order valence-electron chi connectivity index (χ4n) is 2.55. The van der Waals surface area contributed by atoms with Gasteiger partial charge in [-0.05, 0) is 34.7 Å². The molecule has 2 heterocycles. The minimum absolute atomic E-state index is 0.124. The number of nitrogens with zero attached hydrogens (tertiary/aromatic N) is 1. The molecule has 0 bridgehead atoms. The molecular weight excluding hydrogens is 427 g/mol. The van der Waals surface area contributed by atoms with Gasteiger partial charge in [0, 0.05) is 12.6 Å². The zero-order valence-corrected chi connectivity index (χ0v) is 14.8. The number of halogens is 1. The van der Waals surface area contributed by atoms with Gasteiger partial charge < -0.3 is 9.47 Å². The first-order chi connectivity index (χ1) is 11.5. The minimum Gasteiger partial charge on any atom is -0.459 e. The first-order valence-corrected chi connectivity index (χ1v) is 8.47. The Kier molecular flexibility index (Phi) is 5.14. The van der Waals surface area contributed by atoms with Crippen LogP contribution in [0.3, 0.4) is 0 Å². The molecule has 0 saturated carbocycles. The third-order valence-electron chi connectivity index (χ3n) is 3.79. The van der Waals surface area contributed by atoms with Gasteiger partial charge >= 0.3 is 11.7 Å². The molecule has 1 saturated heterocycles. The molecule has 7 nitrogen and oxygen atoms in total. The number of ether oxygens (including phenoxy) is 2. The van der Waals surface area contributed by atoms with Crippen LogP contribution in [0.5, 0.6) is 0 Å². The second kappa shape index (κ2) is 7.31. The highest BCUT2D eigenvalue weighted by atomic mass is 127. The van der Waals surface area contributed by atoms with Crippen LogP contribution in [0.15, 0.2) is 46.1 Å². The third-order valence-corrected chi connectivity index (χ3v) is 4.56. The normalized spacial score (nSPS) is 20.0. The van der Waals surface area contributed by atoms with E-state index in [4.69, 9.17) is 9.47 Å². The fraction of sp³-hybridized carbons (Fsp3) is 0.312. The molecular formula is C16H15IN2O5. The molecule has 24 heavy (non-hydrogen) atoms. The molecule has 0 amide bonds. The van der Waals surface area contributed by atoms with Gasteiger partial charge in [-0.25, -0.2) is 9.59 Å². The van der Waals surface area contributed by atoms with Crippen molar-refractivity contribution in [3.63, 3.8) is 0 Å². The molecule has 1 aromatic carbocycles. The fourth-order valence-corrected chi connectivity index (χ4v) is 2.99. The number of rotatable bonds is 4. The molecule has 1 N–H and O–H groups in total. The van der Waals surface area contributed by atoms with E-state index in [9.17, 15) is 14.4 Å². The summed E-state index contributed by atoms with van der Waals surface area (Å²) in [5.74, 6) is -0.404. The Bertz CT molecular complexity index is 846. The van der Waals surface area contributed by atoms with Crippen molar-refractivity contribution in [2.24, 2.45) is 0 Å². The highest BCUT2D eigenvalue weighted by Gasteiger charge is 2.29. The van der Waals surface area contributed by atoms with Crippen LogP contribution in [0.2, 0.25) is 0 Å². The van der Waals surface area contributed by atoms with Gasteiger partial charge in [0.1, 0.15) is 6.61 Å². The summed E-state index contributed by atoms with van der Waals surface area (Å²) < 4.78 is 12.8. The number of hydrogen-bond acceptors (Lipinski definition) is 5. The average molecular weight is 442 g/mol. The zero-order valence-electron chi connectivity index (χ0n) is 12.6. The quantitative estimate of drug-likeness (QED) is 0.570. The summed E-state index contributed by atoms with van der Waals surface area (Å²) in [4.78, 5) is 37.5. The van der Waals surface area contributed by atoms with Gasteiger partial charge in [-0.15, -0.1) is 0 Å². The molecule has 1 aliphatic rings. The van der Waals surface area contributed by atoms with Crippen molar-refractivity contribution < 1.29 is 14.3 Å². The molecule has 1 aliphatic heterocycles. The summed E-state index contributed by atoms with van der Waals surface area (Å²) in [6.45, 7) is 0.453. The van der Waals surface area contributed by atoms with Gasteiger partial charge in [0.2, 0.25) is 0 Å². The largest absolute Gasteiger partial charge is 0.459 e. The molecule has 2 atom stereocenters. The molecule has 0 aliphatic carbocycles. The lowest BCUT2D eigenvalue weighted by Crippen LogP contribution is -2.33. The van der Waals surface area contributed by atoms with Crippen molar-refractivity contribution in [3.8, 4) is 0 Å². The number of carbonyl (C=O) groups excluding carboxylic acids is 1. The minimum atomic E-state index is -0.462. The summed E-state index contributed by atoms with van der Waals surface area (Å²) in [5.41, 5.74) is -0.376. The Hall–Kier alpha value is -1.94. The molecule has 1 fully saturated rings. The van der Waals surface area contributed by atoms with Crippen molar-refractivity contribution in [2.75, 3.05) is 13.2 Å². The lowest BCUT2D eigenvalue weighted by molar-refractivity contribution is 0.0157. The maximum Gasteiger partial charge on any atom is 0.338 e. The van der Waals surface area contributed by atoms with E-state index in [2.05, 4.69) is 4.98 Å². The molecule has 3 rings (SSSR count). The first-order valence-electron chi connectivity index (χ1n) is 7.39. The summed E-state index contributed by atoms with van der Waals surface area (Å²) >= 11 is 1.88. The summed E-state index contributed by atoms with van der Waals surface area (Å²) in [5, 5.41) is 0. The van der Waals surface area contributed by atoms with E-state index >= 15 is 0 Å². The topological polar surface area (TPSA) is 90.4 Å². The van der Waals surface area contributed by atoms with Crippen molar-refractivity contribution in [3.05, 3.63) is 66.5 Å². The van der Waals surface area contributed by atoms with Crippen molar-refractivity contribution in [1.82, 2.24) is 9.55 Å². The van der Waals surface area contributed by atoms with E-state index in [1.165, 1.54) is 10.8 Å². The maximum absolute atomic E-state index is 11.9. The number of esters is 1. The molecule has 1 aromatic heterocycles. The van der Waals surface area contributed by atoms with Crippen LogP contribution in [-0.4, -0.2) is 34.8 Å². The number of nitrogens with one attached hydrogen (secondary N) is 1. The third kappa shape index (κ3) is 3.75. The van der Waals surface area contributed by atoms with E-state index < -0.39 is 17.2 Å². The van der Waals surface area contributed by atoms with Crippen LogP contribution in [0.1, 0.15) is 22.8 Å². The number of H-pyrrole nitrogens is 1. The van der Waals surface area contributed by atoms with E-state index in [-0.39, 0.29) is 18.8 Å². The van der Waals surface area contributed by atoms with Gasteiger partial charge in [0.05, 0.1) is 27.9 Å². The molecule has 0 unspecified atom stereocenters. The van der Waals surface area contributed by atoms with E-state index in [0.717, 1.165) is 0 Å². The lowest BCUT2D eigenvalue weighted by atomic mass is 10.2. The SMILES string of the molecule is O=C(OC[C@@H]1C[C@H](n2cc(I)c(=O)[nH]c2=O)CO1)c1ccccc1. The number of aromatic amines is 1. The highest BCUT2D eigenvalue weighted by Crippen LogP contribution is 2.23. The first kappa shape index (κ1) is 16.9. The lowest BCUT2D eigenvalue weighted by Gasteiger charge is -2.12. The molecule has 0 radical (unpaired) electrons. The Balaban J connectivity index is 1.60. The predicted octanol–water partition coefficient (Wildman–Crippen LogP) is 1.33. The summed E-state index contributed by atoms with van der Waals surface area (Å²) in [7, 11) is 0. The van der Waals surface area contributed by atoms with Crippen LogP contribution >= 0.6 is 22.6 Å². The monoisotopic (exact) mass is 442 g/mol. The van der Waals surface area contributed by atoms with Crippen LogP contribution in [0, 0.1) is 3.57 Å². The Morgan fingerprint density at radius 1 is 1.33 bits per heavy atom. The van der Waals surface area contributed by atoms with Gasteiger partial charge in [-0.3, -0.25) is 14.3 Å². The predicted molar refractivity (Wildman–Crippen MR) is 94.2 cm³/mol. The number of aromatic nitrogens is 2. The van der Waals surface area contributed by atoms with Crippen LogP contribution in [0.25, 0.3) is 0 Å². The highest BCUT2D eigenvalue weighted by molar-refractivity contribution is 14.1. The summed E-state index contributed by atoms with van der Waals surface area (Å²) in [6, 6.07) is 8.53. The number of carbonyl (C=O) groups is 1. The van der Waals surface area contributed by atoms with Crippen molar-refractivity contribution >= 4 is 28.6 Å². The van der Waals surface area contributed by atoms with Gasteiger partial charge in [-0.1, -0.05) is 18.2 Å². The van der Waals surface area contributed by atoms with E-state index in [0.29, 0.717) is 22.2 Å². The second-order valence-corrected chi connectivity index (χ2v) is 6.62. The molecule has 0 spiro atoms. The van der Waals surface area contributed by atoms with Gasteiger partial charge in [0.15, 0.2) is 0 Å². The molecule has 8 heteroatoms. The Morgan fingerprint density at radius 2 is 2.08 bits per heavy atom. The Morgan fingerprint density at radius 3 is 2.83 bits per heavy atom. The smallest absolute Gasteiger partial charge is 0.338 e. The van der Waals surface area contributed by atoms with Crippen LogP contribution in [-0.2, 0) is 9.47 Å². The van der Waals surface area contributed by atoms with Crippen LogP contribution in [0.4, 0.5) is 0 Å². The van der Waals surface area contributed by atoms with Crippen LogP contribution < -0.4 is 11.2 Å². The average Bonchev–Trinajstić information content (AvgIpc) is 3.05. The molecule has 2 aromatic rings. The Labute approximate surface area is 150 Å². The van der Waals surface area contributed by atoms with Gasteiger partial charge in [0.25, 0.3) is 5.56 Å². The maximum atomic E-state index is 11.9. The number of benzene rings is 1. The van der Waals surface area contributed by atoms with Crippen molar-refractivity contribution in [1.29, 1.82) is 0 Å². The summed E-state index contributed by atoms with van der Waals surface area (Å²) in [6.07, 6.45) is 1.78. The van der Waals surface area contributed by atoms with Crippen molar-refractivity contribution in [2.45, 2.75) is 18.6 Å². The van der Waals surface area contributed by atoms with E-state index in [1.54, 1.807) is 24.3 Å². The second-order valence-electron chi connectivity index (χ2n) is 5.45. The standard InChI is InChI=1S/C16H15IN2O5/c17-13-7-19(16(22)18-14(13)20)11-6-12(23-8-11)9-24-15(21)10-4-2-1-3-5-10/h1-5,7,11-12H,6,8-9H2,(H,18,20,22)/t11-,12-/m0/s1. The van der Waals surface area contributed by atoms with E-state index in [1.807, 2.05) is 28.7 Å². The van der Waals surface area contributed by atoms with Gasteiger partial charge in [-0.2, -0.15) is 0 Å². The number of hydrogen-bond donors (Lipinski definition) is 1. The zero-order chi connectivity index (χ0) is 17.1.